The number of aryl methyl sites for hydroxylation is 1. The highest BCUT2D eigenvalue weighted by Gasteiger charge is 2.53. The van der Waals surface area contributed by atoms with Crippen LogP contribution in [0.5, 0.6) is 0 Å². The molecule has 0 amide bonds. The molecule has 0 spiro atoms. The van der Waals surface area contributed by atoms with E-state index in [1.54, 1.807) is 24.3 Å². The predicted molar refractivity (Wildman–Crippen MR) is 297 cm³/mol. The van der Waals surface area contributed by atoms with Crippen molar-refractivity contribution in [3.8, 4) is 0 Å². The first-order valence-electron chi connectivity index (χ1n) is 27.3. The first kappa shape index (κ1) is 54.9. The van der Waals surface area contributed by atoms with E-state index < -0.39 is 51.2 Å². The quantitative estimate of drug-likeness (QED) is 0.0597. The molecule has 10 nitrogen and oxygen atoms in total. The van der Waals surface area contributed by atoms with Gasteiger partial charge in [0.05, 0.1) is 73.0 Å². The zero-order valence-corrected chi connectivity index (χ0v) is 47.5. The molecular weight excluding hydrogens is 981 g/mol. The number of rotatable bonds is 20. The SMILES string of the molecule is Cc1ccc(S(=O)(=O)O[C@H](CC[C@H](O)[C@@H]2CC[C@@H]([C@@H]3CC[C@@H](CO[Si](c4ccccc4)(c4ccccc4)C(C)(C)C)O3)O2)[C@@H]2CC[C@@H]([C@@H]3CC[C@@H](CO[Si](c4ccccc4)(c4ccccc4)C(C)(C)C)O3)O2)cc1. The van der Waals surface area contributed by atoms with Crippen molar-refractivity contribution in [3.05, 3.63) is 151 Å². The Labute approximate surface area is 443 Å². The molecule has 0 radical (unpaired) electrons. The number of ether oxygens (including phenoxy) is 4. The summed E-state index contributed by atoms with van der Waals surface area (Å²) in [5.41, 5.74) is 0.953. The van der Waals surface area contributed by atoms with Crippen molar-refractivity contribution in [1.29, 1.82) is 0 Å². The van der Waals surface area contributed by atoms with Crippen LogP contribution in [0.4, 0.5) is 0 Å². The molecule has 4 saturated heterocycles. The van der Waals surface area contributed by atoms with Crippen LogP contribution in [0.25, 0.3) is 0 Å². The van der Waals surface area contributed by atoms with Gasteiger partial charge in [0.25, 0.3) is 26.8 Å². The second-order valence-electron chi connectivity index (χ2n) is 23.3. The van der Waals surface area contributed by atoms with Gasteiger partial charge in [-0.3, -0.25) is 4.18 Å². The largest absolute Gasteiger partial charge is 0.405 e. The third-order valence-corrected chi connectivity index (χ3v) is 27.6. The molecule has 5 aromatic rings. The van der Waals surface area contributed by atoms with E-state index in [9.17, 15) is 13.5 Å². The molecule has 9 rings (SSSR count). The van der Waals surface area contributed by atoms with Crippen LogP contribution in [-0.2, 0) is 42.1 Å². The number of hydrogen-bond acceptors (Lipinski definition) is 10. The zero-order chi connectivity index (χ0) is 52.1. The van der Waals surface area contributed by atoms with Crippen molar-refractivity contribution >= 4 is 47.5 Å². The normalized spacial score (nSPS) is 25.8. The van der Waals surface area contributed by atoms with Crippen LogP contribution in [0.2, 0.25) is 10.1 Å². The molecule has 13 heteroatoms. The minimum Gasteiger partial charge on any atom is -0.405 e. The zero-order valence-electron chi connectivity index (χ0n) is 44.6. The Balaban J connectivity index is 0.818. The second-order valence-corrected chi connectivity index (χ2v) is 33.5. The van der Waals surface area contributed by atoms with Gasteiger partial charge in [0.1, 0.15) is 6.10 Å². The standard InChI is InChI=1S/C61H80O10SSi2/c1-44-28-32-47(33-29-44)72(63,64)71-59(58-41-40-57(70-58)55-36-31-46(68-55)43-66-74(61(5,6)7,50-24-16-10-17-25-50)51-26-18-11-19-27-51)37-34-52(62)53-38-39-56(69-53)54-35-30-45(67-54)42-65-73(60(2,3)4,48-20-12-8-13-21-48)49-22-14-9-15-23-49/h8-29,32-33,45-46,52-59,62H,30-31,34-43H2,1-7H3/t45-,46-,52-,53-,54-,55-,56-,57-,58-,59+/m0/s1. The number of aliphatic hydroxyl groups is 1. The molecule has 0 saturated carbocycles. The Morgan fingerprint density at radius 2 is 0.865 bits per heavy atom. The van der Waals surface area contributed by atoms with E-state index in [0.717, 1.165) is 37.7 Å². The van der Waals surface area contributed by atoms with Crippen molar-refractivity contribution in [2.75, 3.05) is 13.2 Å². The van der Waals surface area contributed by atoms with Gasteiger partial charge in [-0.25, -0.2) is 0 Å². The summed E-state index contributed by atoms with van der Waals surface area (Å²) in [6.07, 6.45) is 3.38. The van der Waals surface area contributed by atoms with E-state index in [1.165, 1.54) is 20.7 Å². The van der Waals surface area contributed by atoms with E-state index in [2.05, 4.69) is 163 Å². The Morgan fingerprint density at radius 3 is 1.27 bits per heavy atom. The van der Waals surface area contributed by atoms with Gasteiger partial charge in [-0.05, 0) is 114 Å². The van der Waals surface area contributed by atoms with E-state index >= 15 is 0 Å². The number of benzene rings is 5. The van der Waals surface area contributed by atoms with Gasteiger partial charge in [0, 0.05) is 0 Å². The lowest BCUT2D eigenvalue weighted by molar-refractivity contribution is -0.104. The molecule has 4 aliphatic rings. The number of aliphatic hydroxyl groups excluding tert-OH is 1. The monoisotopic (exact) mass is 1060 g/mol. The van der Waals surface area contributed by atoms with Gasteiger partial charge >= 0.3 is 0 Å². The molecule has 74 heavy (non-hydrogen) atoms. The maximum Gasteiger partial charge on any atom is 0.297 e. The van der Waals surface area contributed by atoms with Crippen LogP contribution < -0.4 is 20.7 Å². The van der Waals surface area contributed by atoms with Crippen LogP contribution in [0, 0.1) is 6.92 Å². The molecule has 4 aliphatic heterocycles. The maximum absolute atomic E-state index is 13.9. The average Bonchev–Trinajstić information content (AvgIpc) is 4.26. The second kappa shape index (κ2) is 23.4. The predicted octanol–water partition coefficient (Wildman–Crippen LogP) is 9.55. The van der Waals surface area contributed by atoms with Crippen molar-refractivity contribution in [2.45, 2.75) is 189 Å². The lowest BCUT2D eigenvalue weighted by atomic mass is 9.99. The average molecular weight is 1060 g/mol. The summed E-state index contributed by atoms with van der Waals surface area (Å²) in [4.78, 5) is 0.0971. The third-order valence-electron chi connectivity index (χ3n) is 16.2. The minimum absolute atomic E-state index is 0.0689. The highest BCUT2D eigenvalue weighted by atomic mass is 32.2. The van der Waals surface area contributed by atoms with E-state index in [4.69, 9.17) is 32.0 Å². The van der Waals surface area contributed by atoms with Crippen molar-refractivity contribution in [1.82, 2.24) is 0 Å². The van der Waals surface area contributed by atoms with E-state index in [-0.39, 0.29) is 64.4 Å². The summed E-state index contributed by atoms with van der Waals surface area (Å²) < 4.78 is 75.4. The smallest absolute Gasteiger partial charge is 0.297 e. The Bertz CT molecular complexity index is 2570. The first-order chi connectivity index (χ1) is 35.5. The minimum atomic E-state index is -4.15. The van der Waals surface area contributed by atoms with Crippen molar-refractivity contribution < 1.29 is 45.5 Å². The van der Waals surface area contributed by atoms with Crippen molar-refractivity contribution in [2.24, 2.45) is 0 Å². The van der Waals surface area contributed by atoms with Crippen molar-refractivity contribution in [3.63, 3.8) is 0 Å². The Kier molecular flexibility index (Phi) is 17.4. The fourth-order valence-electron chi connectivity index (χ4n) is 12.4. The summed E-state index contributed by atoms with van der Waals surface area (Å²) in [6.45, 7) is 16.6. The summed E-state index contributed by atoms with van der Waals surface area (Å²) in [6, 6.07) is 49.4. The first-order valence-corrected chi connectivity index (χ1v) is 32.5. The van der Waals surface area contributed by atoms with Crippen LogP contribution in [0.3, 0.4) is 0 Å². The molecule has 1 N–H and O–H groups in total. The lowest BCUT2D eigenvalue weighted by Crippen LogP contribution is -2.67. The highest BCUT2D eigenvalue weighted by molar-refractivity contribution is 7.86. The van der Waals surface area contributed by atoms with Gasteiger partial charge in [-0.1, -0.05) is 181 Å². The maximum atomic E-state index is 13.9. The molecule has 4 fully saturated rings. The molecule has 5 aromatic carbocycles. The van der Waals surface area contributed by atoms with Gasteiger partial charge in [0.2, 0.25) is 0 Å². The molecule has 0 aliphatic carbocycles. The molecule has 4 heterocycles. The molecule has 398 valence electrons. The van der Waals surface area contributed by atoms with Gasteiger partial charge < -0.3 is 32.9 Å². The fraction of sp³-hybridized carbons (Fsp3) is 0.508. The number of hydrogen-bond donors (Lipinski definition) is 1. The molecule has 0 bridgehead atoms. The van der Waals surface area contributed by atoms with Crippen LogP contribution in [-0.4, -0.2) is 104 Å². The highest BCUT2D eigenvalue weighted by Crippen LogP contribution is 2.41. The summed E-state index contributed by atoms with van der Waals surface area (Å²) in [7, 11) is -9.62. The molecular formula is C61H80O10SSi2. The van der Waals surface area contributed by atoms with Crippen LogP contribution >= 0.6 is 0 Å². The van der Waals surface area contributed by atoms with E-state index in [1.807, 2.05) is 6.92 Å². The topological polar surface area (TPSA) is 119 Å². The summed E-state index contributed by atoms with van der Waals surface area (Å²) in [5, 5.41) is 16.4. The fourth-order valence-corrected chi connectivity index (χ4v) is 22.7. The molecule has 10 atom stereocenters. The third kappa shape index (κ3) is 12.0. The molecule has 0 unspecified atom stereocenters. The van der Waals surface area contributed by atoms with Crippen LogP contribution in [0.15, 0.2) is 150 Å². The lowest BCUT2D eigenvalue weighted by Gasteiger charge is -2.43. The summed E-state index contributed by atoms with van der Waals surface area (Å²) >= 11 is 0. The Morgan fingerprint density at radius 1 is 0.500 bits per heavy atom. The van der Waals surface area contributed by atoms with Gasteiger partial charge in [0.15, 0.2) is 0 Å². The summed E-state index contributed by atoms with van der Waals surface area (Å²) in [5.74, 6) is 0. The van der Waals surface area contributed by atoms with Crippen LogP contribution in [0.1, 0.15) is 111 Å². The van der Waals surface area contributed by atoms with Gasteiger partial charge in [-0.15, -0.1) is 0 Å². The molecule has 0 aromatic heterocycles. The Hall–Kier alpha value is -3.84. The van der Waals surface area contributed by atoms with Gasteiger partial charge in [-0.2, -0.15) is 8.42 Å². The van der Waals surface area contributed by atoms with E-state index in [0.29, 0.717) is 32.5 Å².